The highest BCUT2D eigenvalue weighted by molar-refractivity contribution is 6.23. The highest BCUT2D eigenvalue weighted by Crippen LogP contribution is 2.26. The summed E-state index contributed by atoms with van der Waals surface area (Å²) in [5.74, 6) is -2.27. The quantitative estimate of drug-likeness (QED) is 0.750. The van der Waals surface area contributed by atoms with Crippen LogP contribution in [0.5, 0.6) is 0 Å². The third-order valence-electron chi connectivity index (χ3n) is 5.31. The normalized spacial score (nSPS) is 17.0. The van der Waals surface area contributed by atoms with E-state index in [9.17, 15) is 18.8 Å². The Kier molecular flexibility index (Phi) is 4.38. The maximum absolute atomic E-state index is 14.9. The SMILES string of the molecule is CCN1CCN(c2ccc(-n3c(N)c4c(cc3=O)C(=O)NC4=O)c(F)c2)CC1. The molecule has 1 fully saturated rings. The number of nitrogens with two attached hydrogens (primary N) is 1. The van der Waals surface area contributed by atoms with Crippen LogP contribution in [0.25, 0.3) is 5.69 Å². The second-order valence-corrected chi connectivity index (χ2v) is 6.83. The van der Waals surface area contributed by atoms with Gasteiger partial charge in [0, 0.05) is 37.9 Å². The van der Waals surface area contributed by atoms with Crippen molar-refractivity contribution in [2.75, 3.05) is 43.4 Å². The Bertz CT molecular complexity index is 1040. The molecule has 0 bridgehead atoms. The smallest absolute Gasteiger partial charge is 0.262 e. The lowest BCUT2D eigenvalue weighted by atomic mass is 10.1. The molecular weight excluding hydrogens is 365 g/mol. The lowest BCUT2D eigenvalue weighted by Crippen LogP contribution is -2.46. The third-order valence-corrected chi connectivity index (χ3v) is 5.31. The predicted molar refractivity (Wildman–Crippen MR) is 103 cm³/mol. The number of likely N-dealkylation sites (N-methyl/N-ethyl adjacent to an activating group) is 1. The predicted octanol–water partition coefficient (Wildman–Crippen LogP) is 0.584. The van der Waals surface area contributed by atoms with E-state index >= 15 is 0 Å². The van der Waals surface area contributed by atoms with Crippen molar-refractivity contribution in [2.24, 2.45) is 0 Å². The maximum Gasteiger partial charge on any atom is 0.262 e. The minimum absolute atomic E-state index is 0.0617. The molecule has 8 nitrogen and oxygen atoms in total. The Balaban J connectivity index is 1.72. The summed E-state index contributed by atoms with van der Waals surface area (Å²) in [7, 11) is 0. The van der Waals surface area contributed by atoms with Crippen molar-refractivity contribution in [3.8, 4) is 5.69 Å². The Morgan fingerprint density at radius 3 is 2.43 bits per heavy atom. The van der Waals surface area contributed by atoms with Crippen molar-refractivity contribution in [3.63, 3.8) is 0 Å². The number of nitrogens with zero attached hydrogens (tertiary/aromatic N) is 3. The van der Waals surface area contributed by atoms with E-state index < -0.39 is 23.2 Å². The molecule has 3 heterocycles. The first-order valence-electron chi connectivity index (χ1n) is 9.09. The zero-order valence-electron chi connectivity index (χ0n) is 15.4. The molecular formula is C19H20FN5O3. The van der Waals surface area contributed by atoms with Crippen LogP contribution >= 0.6 is 0 Å². The van der Waals surface area contributed by atoms with Gasteiger partial charge in [-0.1, -0.05) is 6.92 Å². The number of amides is 2. The molecule has 0 aliphatic carbocycles. The maximum atomic E-state index is 14.9. The van der Waals surface area contributed by atoms with Crippen LogP contribution < -0.4 is 21.5 Å². The number of piperazine rings is 1. The molecule has 1 saturated heterocycles. The fourth-order valence-electron chi connectivity index (χ4n) is 3.72. The summed E-state index contributed by atoms with van der Waals surface area (Å²) < 4.78 is 15.8. The topological polar surface area (TPSA) is 101 Å². The summed E-state index contributed by atoms with van der Waals surface area (Å²) in [6.07, 6.45) is 0. The second kappa shape index (κ2) is 6.75. The Morgan fingerprint density at radius 2 is 1.79 bits per heavy atom. The van der Waals surface area contributed by atoms with Gasteiger partial charge in [-0.15, -0.1) is 0 Å². The molecule has 1 aromatic heterocycles. The average molecular weight is 385 g/mol. The highest BCUT2D eigenvalue weighted by Gasteiger charge is 2.32. The number of carbonyl (C=O) groups is 2. The molecule has 146 valence electrons. The van der Waals surface area contributed by atoms with Crippen LogP contribution in [0.3, 0.4) is 0 Å². The number of hydrogen-bond donors (Lipinski definition) is 2. The standard InChI is InChI=1S/C19H20FN5O3/c1-2-23-5-7-24(8-6-23)11-3-4-14(13(20)9-11)25-15(26)10-12-16(17(25)21)19(28)22-18(12)27/h3-4,9-10H,2,5-8,21H2,1H3,(H,22,27,28). The Labute approximate surface area is 160 Å². The molecule has 3 N–H and O–H groups in total. The molecule has 2 amide bonds. The summed E-state index contributed by atoms with van der Waals surface area (Å²) in [5.41, 5.74) is 5.75. The van der Waals surface area contributed by atoms with Gasteiger partial charge in [0.05, 0.1) is 16.8 Å². The van der Waals surface area contributed by atoms with Crippen LogP contribution in [0.1, 0.15) is 27.6 Å². The molecule has 0 saturated carbocycles. The summed E-state index contributed by atoms with van der Waals surface area (Å²) in [4.78, 5) is 40.6. The molecule has 2 aromatic rings. The molecule has 0 atom stereocenters. The summed E-state index contributed by atoms with van der Waals surface area (Å²) in [6.45, 7) is 6.47. The van der Waals surface area contributed by atoms with E-state index in [2.05, 4.69) is 22.0 Å². The number of carbonyl (C=O) groups excluding carboxylic acids is 2. The van der Waals surface area contributed by atoms with E-state index in [0.29, 0.717) is 0 Å². The van der Waals surface area contributed by atoms with Gasteiger partial charge in [-0.25, -0.2) is 4.39 Å². The van der Waals surface area contributed by atoms with Crippen molar-refractivity contribution < 1.29 is 14.0 Å². The van der Waals surface area contributed by atoms with Crippen molar-refractivity contribution in [1.29, 1.82) is 0 Å². The van der Waals surface area contributed by atoms with E-state index in [1.165, 1.54) is 12.1 Å². The number of rotatable bonds is 3. The summed E-state index contributed by atoms with van der Waals surface area (Å²) in [5, 5.41) is 2.09. The molecule has 28 heavy (non-hydrogen) atoms. The van der Waals surface area contributed by atoms with Crippen molar-refractivity contribution in [2.45, 2.75) is 6.92 Å². The first kappa shape index (κ1) is 18.2. The zero-order chi connectivity index (χ0) is 20.0. The van der Waals surface area contributed by atoms with Crippen LogP contribution in [0, 0.1) is 5.82 Å². The largest absolute Gasteiger partial charge is 0.384 e. The number of hydrogen-bond acceptors (Lipinski definition) is 6. The molecule has 0 unspecified atom stereocenters. The fourth-order valence-corrected chi connectivity index (χ4v) is 3.72. The molecule has 9 heteroatoms. The van der Waals surface area contributed by atoms with Gasteiger partial charge < -0.3 is 15.5 Å². The summed E-state index contributed by atoms with van der Waals surface area (Å²) >= 11 is 0. The number of nitrogen functional groups attached to an aromatic ring is 1. The number of anilines is 2. The molecule has 2 aliphatic heterocycles. The number of aromatic nitrogens is 1. The minimum Gasteiger partial charge on any atom is -0.384 e. The number of nitrogens with one attached hydrogen (secondary N) is 1. The molecule has 4 rings (SSSR count). The van der Waals surface area contributed by atoms with Crippen molar-refractivity contribution in [1.82, 2.24) is 14.8 Å². The number of halogens is 1. The first-order chi connectivity index (χ1) is 13.4. The molecule has 0 radical (unpaired) electrons. The van der Waals surface area contributed by atoms with Gasteiger partial charge in [0.15, 0.2) is 0 Å². The lowest BCUT2D eigenvalue weighted by molar-refractivity contribution is 0.0880. The minimum atomic E-state index is -0.697. The third kappa shape index (κ3) is 2.84. The fraction of sp³-hybridized carbons (Fsp3) is 0.316. The highest BCUT2D eigenvalue weighted by atomic mass is 19.1. The Morgan fingerprint density at radius 1 is 1.07 bits per heavy atom. The number of benzene rings is 1. The average Bonchev–Trinajstić information content (AvgIpc) is 2.96. The van der Waals surface area contributed by atoms with Crippen LogP contribution in [-0.2, 0) is 0 Å². The number of fused-ring (bicyclic) bond motifs is 1. The van der Waals surface area contributed by atoms with E-state index in [1.807, 2.05) is 0 Å². The van der Waals surface area contributed by atoms with Crippen LogP contribution in [0.4, 0.5) is 15.9 Å². The van der Waals surface area contributed by atoms with E-state index in [1.54, 1.807) is 6.07 Å². The van der Waals surface area contributed by atoms with Gasteiger partial charge >= 0.3 is 0 Å². The van der Waals surface area contributed by atoms with Gasteiger partial charge in [0.2, 0.25) is 0 Å². The van der Waals surface area contributed by atoms with Gasteiger partial charge in [-0.3, -0.25) is 24.3 Å². The molecule has 1 aromatic carbocycles. The van der Waals surface area contributed by atoms with Crippen LogP contribution in [0.2, 0.25) is 0 Å². The van der Waals surface area contributed by atoms with E-state index in [0.717, 1.165) is 49.0 Å². The van der Waals surface area contributed by atoms with Gasteiger partial charge in [0.1, 0.15) is 11.6 Å². The van der Waals surface area contributed by atoms with E-state index in [4.69, 9.17) is 5.73 Å². The number of imide groups is 1. The molecule has 2 aliphatic rings. The van der Waals surface area contributed by atoms with Gasteiger partial charge in [-0.05, 0) is 24.7 Å². The number of pyridine rings is 1. The van der Waals surface area contributed by atoms with Gasteiger partial charge in [0.25, 0.3) is 17.4 Å². The monoisotopic (exact) mass is 385 g/mol. The molecule has 0 spiro atoms. The van der Waals surface area contributed by atoms with Gasteiger partial charge in [-0.2, -0.15) is 0 Å². The lowest BCUT2D eigenvalue weighted by Gasteiger charge is -2.35. The van der Waals surface area contributed by atoms with Crippen molar-refractivity contribution >= 4 is 23.3 Å². The van der Waals surface area contributed by atoms with Crippen LogP contribution in [0.15, 0.2) is 29.1 Å². The second-order valence-electron chi connectivity index (χ2n) is 6.83. The zero-order valence-corrected chi connectivity index (χ0v) is 15.4. The van der Waals surface area contributed by atoms with Crippen LogP contribution in [-0.4, -0.2) is 54.0 Å². The Hall–Kier alpha value is -3.20. The van der Waals surface area contributed by atoms with E-state index in [-0.39, 0.29) is 22.6 Å². The first-order valence-corrected chi connectivity index (χ1v) is 9.09. The van der Waals surface area contributed by atoms with Crippen molar-refractivity contribution in [3.05, 3.63) is 51.6 Å². The summed E-state index contributed by atoms with van der Waals surface area (Å²) in [6, 6.07) is 5.56.